The highest BCUT2D eigenvalue weighted by atomic mass is 32.2. The molecule has 2 aromatic heterocycles. The highest BCUT2D eigenvalue weighted by Gasteiger charge is 2.19. The Morgan fingerprint density at radius 2 is 1.67 bits per heavy atom. The second-order valence-electron chi connectivity index (χ2n) is 8.32. The Morgan fingerprint density at radius 3 is 2.39 bits per heavy atom. The minimum atomic E-state index is -0.0619. The zero-order valence-corrected chi connectivity index (χ0v) is 20.5. The quantitative estimate of drug-likeness (QED) is 0.388. The van der Waals surface area contributed by atoms with E-state index in [9.17, 15) is 4.79 Å². The van der Waals surface area contributed by atoms with Crippen molar-refractivity contribution in [3.05, 3.63) is 88.5 Å². The number of hydrogen-bond donors (Lipinski definition) is 1. The number of benzene rings is 2. The highest BCUT2D eigenvalue weighted by Crippen LogP contribution is 2.27. The summed E-state index contributed by atoms with van der Waals surface area (Å²) >= 11 is 1.40. The molecule has 0 spiro atoms. The van der Waals surface area contributed by atoms with Crippen molar-refractivity contribution in [2.75, 3.05) is 11.1 Å². The van der Waals surface area contributed by atoms with Crippen molar-refractivity contribution in [3.63, 3.8) is 0 Å². The fourth-order valence-corrected chi connectivity index (χ4v) is 4.54. The Bertz CT molecular complexity index is 1300. The summed E-state index contributed by atoms with van der Waals surface area (Å²) < 4.78 is 4.18. The molecule has 2 heterocycles. The van der Waals surface area contributed by atoms with Crippen molar-refractivity contribution < 1.29 is 4.79 Å². The van der Waals surface area contributed by atoms with Gasteiger partial charge >= 0.3 is 0 Å². The van der Waals surface area contributed by atoms with Crippen LogP contribution >= 0.6 is 11.8 Å². The Balaban J connectivity index is 1.61. The van der Waals surface area contributed by atoms with Crippen LogP contribution in [0.4, 0.5) is 5.69 Å². The molecule has 0 aliphatic carbocycles. The van der Waals surface area contributed by atoms with E-state index in [4.69, 9.17) is 0 Å². The van der Waals surface area contributed by atoms with E-state index in [1.165, 1.54) is 22.9 Å². The highest BCUT2D eigenvalue weighted by molar-refractivity contribution is 7.99. The molecule has 7 heteroatoms. The molecule has 0 bridgehead atoms. The molecule has 33 heavy (non-hydrogen) atoms. The van der Waals surface area contributed by atoms with Gasteiger partial charge in [-0.15, -0.1) is 10.2 Å². The molecule has 0 radical (unpaired) electrons. The minimum Gasteiger partial charge on any atom is -0.354 e. The fourth-order valence-electron chi connectivity index (χ4n) is 3.77. The predicted molar refractivity (Wildman–Crippen MR) is 134 cm³/mol. The van der Waals surface area contributed by atoms with Gasteiger partial charge in [-0.25, -0.2) is 0 Å². The number of hydrogen-bond acceptors (Lipinski definition) is 4. The number of carbonyl (C=O) groups excluding carboxylic acids is 1. The molecule has 0 aliphatic rings. The lowest BCUT2D eigenvalue weighted by Crippen LogP contribution is -2.16. The molecule has 2 aromatic carbocycles. The second-order valence-corrected chi connectivity index (χ2v) is 9.27. The van der Waals surface area contributed by atoms with Crippen molar-refractivity contribution in [2.24, 2.45) is 7.05 Å². The number of aryl methyl sites for hydroxylation is 3. The standard InChI is InChI=1S/C26H29N5OS/c1-17-9-6-12-22(19(17)3)27-25(32)16-33-26-29-28-24(15-21-11-8-14-30(21)5)31(26)23-13-7-10-18(2)20(23)4/h6-14H,15-16H2,1-5H3,(H,27,32). The van der Waals surface area contributed by atoms with Gasteiger partial charge in [0.15, 0.2) is 5.16 Å². The molecule has 4 rings (SSSR count). The number of thioether (sulfide) groups is 1. The minimum absolute atomic E-state index is 0.0619. The predicted octanol–water partition coefficient (Wildman–Crippen LogP) is 5.16. The number of aromatic nitrogens is 4. The average molecular weight is 460 g/mol. The Morgan fingerprint density at radius 1 is 0.939 bits per heavy atom. The number of rotatable bonds is 7. The molecule has 4 aromatic rings. The maximum Gasteiger partial charge on any atom is 0.234 e. The molecule has 0 saturated carbocycles. The second kappa shape index (κ2) is 9.67. The van der Waals surface area contributed by atoms with Crippen LogP contribution in [0.15, 0.2) is 59.9 Å². The summed E-state index contributed by atoms with van der Waals surface area (Å²) in [6, 6.07) is 16.3. The summed E-state index contributed by atoms with van der Waals surface area (Å²) in [5, 5.41) is 12.7. The van der Waals surface area contributed by atoms with Gasteiger partial charge in [0.2, 0.25) is 5.91 Å². The van der Waals surface area contributed by atoms with Gasteiger partial charge in [-0.2, -0.15) is 0 Å². The first kappa shape index (κ1) is 22.9. The smallest absolute Gasteiger partial charge is 0.234 e. The number of anilines is 1. The van der Waals surface area contributed by atoms with E-state index in [0.29, 0.717) is 11.6 Å². The maximum absolute atomic E-state index is 12.7. The van der Waals surface area contributed by atoms with Crippen LogP contribution in [-0.4, -0.2) is 31.0 Å². The normalized spacial score (nSPS) is 11.1. The third kappa shape index (κ3) is 4.88. The van der Waals surface area contributed by atoms with Gasteiger partial charge in [-0.3, -0.25) is 9.36 Å². The first-order chi connectivity index (χ1) is 15.8. The average Bonchev–Trinajstić information content (AvgIpc) is 3.38. The molecule has 170 valence electrons. The van der Waals surface area contributed by atoms with Crippen LogP contribution in [0.25, 0.3) is 5.69 Å². The molecule has 6 nitrogen and oxygen atoms in total. The van der Waals surface area contributed by atoms with Gasteiger partial charge < -0.3 is 9.88 Å². The molecule has 0 unspecified atom stereocenters. The van der Waals surface area contributed by atoms with Gasteiger partial charge in [0.1, 0.15) is 5.82 Å². The first-order valence-electron chi connectivity index (χ1n) is 10.9. The Hall–Kier alpha value is -3.32. The summed E-state index contributed by atoms with van der Waals surface area (Å²) in [4.78, 5) is 12.7. The van der Waals surface area contributed by atoms with E-state index in [-0.39, 0.29) is 11.7 Å². The maximum atomic E-state index is 12.7. The largest absolute Gasteiger partial charge is 0.354 e. The molecule has 1 N–H and O–H groups in total. The zero-order chi connectivity index (χ0) is 23.5. The zero-order valence-electron chi connectivity index (χ0n) is 19.7. The van der Waals surface area contributed by atoms with Crippen molar-refractivity contribution >= 4 is 23.4 Å². The molecule has 0 aliphatic heterocycles. The van der Waals surface area contributed by atoms with Crippen LogP contribution in [0, 0.1) is 27.7 Å². The van der Waals surface area contributed by atoms with E-state index < -0.39 is 0 Å². The number of nitrogens with one attached hydrogen (secondary N) is 1. The third-order valence-electron chi connectivity index (χ3n) is 6.12. The van der Waals surface area contributed by atoms with Crippen LogP contribution in [0.5, 0.6) is 0 Å². The van der Waals surface area contributed by atoms with Crippen molar-refractivity contribution in [3.8, 4) is 5.69 Å². The van der Waals surface area contributed by atoms with Gasteiger partial charge in [0, 0.05) is 31.0 Å². The number of amides is 1. The van der Waals surface area contributed by atoms with Crippen LogP contribution < -0.4 is 5.32 Å². The van der Waals surface area contributed by atoms with Crippen LogP contribution in [-0.2, 0) is 18.3 Å². The van der Waals surface area contributed by atoms with E-state index in [1.807, 2.05) is 57.4 Å². The molecule has 0 atom stereocenters. The van der Waals surface area contributed by atoms with Gasteiger partial charge in [-0.1, -0.05) is 36.0 Å². The summed E-state index contributed by atoms with van der Waals surface area (Å²) in [5.41, 5.74) is 7.65. The molecule has 1 amide bonds. The Kier molecular flexibility index (Phi) is 6.70. The molecular formula is C26H29N5OS. The van der Waals surface area contributed by atoms with Crippen molar-refractivity contribution in [1.29, 1.82) is 0 Å². The summed E-state index contributed by atoms with van der Waals surface area (Å²) in [6.07, 6.45) is 2.68. The Labute approximate surface area is 199 Å². The van der Waals surface area contributed by atoms with E-state index in [0.717, 1.165) is 34.0 Å². The van der Waals surface area contributed by atoms with E-state index in [1.54, 1.807) is 0 Å². The molecule has 0 saturated heterocycles. The molecule has 0 fully saturated rings. The van der Waals surface area contributed by atoms with E-state index >= 15 is 0 Å². The number of nitrogens with zero attached hydrogens (tertiary/aromatic N) is 4. The summed E-state index contributed by atoms with van der Waals surface area (Å²) in [6.45, 7) is 8.27. The van der Waals surface area contributed by atoms with Gasteiger partial charge in [-0.05, 0) is 74.2 Å². The summed E-state index contributed by atoms with van der Waals surface area (Å²) in [5.74, 6) is 1.04. The van der Waals surface area contributed by atoms with Crippen LogP contribution in [0.1, 0.15) is 33.8 Å². The lowest BCUT2D eigenvalue weighted by atomic mass is 10.1. The van der Waals surface area contributed by atoms with Gasteiger partial charge in [0.05, 0.1) is 11.4 Å². The van der Waals surface area contributed by atoms with Crippen molar-refractivity contribution in [2.45, 2.75) is 39.3 Å². The lowest BCUT2D eigenvalue weighted by Gasteiger charge is -2.15. The third-order valence-corrected chi connectivity index (χ3v) is 7.05. The summed E-state index contributed by atoms with van der Waals surface area (Å²) in [7, 11) is 2.03. The lowest BCUT2D eigenvalue weighted by molar-refractivity contribution is -0.113. The van der Waals surface area contributed by atoms with Crippen molar-refractivity contribution in [1.82, 2.24) is 19.3 Å². The van der Waals surface area contributed by atoms with Crippen LogP contribution in [0.3, 0.4) is 0 Å². The van der Waals surface area contributed by atoms with Crippen LogP contribution in [0.2, 0.25) is 0 Å². The number of carbonyl (C=O) groups is 1. The first-order valence-corrected chi connectivity index (χ1v) is 11.9. The van der Waals surface area contributed by atoms with E-state index in [2.05, 4.69) is 56.7 Å². The monoisotopic (exact) mass is 459 g/mol. The molecular weight excluding hydrogens is 430 g/mol. The SMILES string of the molecule is Cc1cccc(NC(=O)CSc2nnc(Cc3cccn3C)n2-c2cccc(C)c2C)c1C. The topological polar surface area (TPSA) is 64.7 Å². The fraction of sp³-hybridized carbons (Fsp3) is 0.269. The van der Waals surface area contributed by atoms with Gasteiger partial charge in [0.25, 0.3) is 0 Å².